The van der Waals surface area contributed by atoms with Gasteiger partial charge in [-0.2, -0.15) is 0 Å². The molecule has 0 fully saturated rings. The molecular weight excluding hydrogens is 431 g/mol. The summed E-state index contributed by atoms with van der Waals surface area (Å²) in [5, 5.41) is 14.2. The lowest BCUT2D eigenvalue weighted by atomic mass is 10.2. The van der Waals surface area contributed by atoms with Gasteiger partial charge in [-0.3, -0.25) is 4.79 Å². The summed E-state index contributed by atoms with van der Waals surface area (Å²) in [5.74, 6) is 0.265. The number of halogens is 2. The van der Waals surface area contributed by atoms with Gasteiger partial charge in [0, 0.05) is 28.1 Å². The lowest BCUT2D eigenvalue weighted by molar-refractivity contribution is -0.113. The Morgan fingerprint density at radius 3 is 2.83 bits per heavy atom. The highest BCUT2D eigenvalue weighted by atomic mass is 35.5. The Labute approximate surface area is 182 Å². The van der Waals surface area contributed by atoms with Crippen molar-refractivity contribution in [2.75, 3.05) is 11.1 Å². The fourth-order valence-corrected chi connectivity index (χ4v) is 4.72. The van der Waals surface area contributed by atoms with Crippen LogP contribution >= 0.6 is 34.7 Å². The summed E-state index contributed by atoms with van der Waals surface area (Å²) in [6, 6.07) is 6.26. The lowest BCUT2D eigenvalue weighted by Gasteiger charge is -2.08. The maximum absolute atomic E-state index is 13.2. The molecule has 0 saturated heterocycles. The number of anilines is 1. The Bertz CT molecular complexity index is 989. The van der Waals surface area contributed by atoms with Crippen LogP contribution in [0.15, 0.2) is 34.8 Å². The van der Waals surface area contributed by atoms with Crippen LogP contribution < -0.4 is 5.32 Å². The van der Waals surface area contributed by atoms with E-state index in [-0.39, 0.29) is 16.7 Å². The molecule has 1 aromatic carbocycles. The molecule has 0 bridgehead atoms. The number of nitrogens with one attached hydrogen (secondary N) is 1. The number of aryl methyl sites for hydroxylation is 1. The first kappa shape index (κ1) is 21.8. The topological polar surface area (TPSA) is 59.8 Å². The third-order valence-corrected chi connectivity index (χ3v) is 6.36. The predicted octanol–water partition coefficient (Wildman–Crippen LogP) is 5.89. The van der Waals surface area contributed by atoms with E-state index in [9.17, 15) is 9.18 Å². The molecule has 29 heavy (non-hydrogen) atoms. The molecule has 9 heteroatoms. The van der Waals surface area contributed by atoms with E-state index >= 15 is 0 Å². The summed E-state index contributed by atoms with van der Waals surface area (Å²) in [5.41, 5.74) is 1.52. The van der Waals surface area contributed by atoms with Crippen molar-refractivity contribution in [1.82, 2.24) is 14.8 Å². The van der Waals surface area contributed by atoms with Crippen LogP contribution in [0.5, 0.6) is 0 Å². The number of nitrogens with zero attached hydrogens (tertiary/aromatic N) is 3. The van der Waals surface area contributed by atoms with E-state index in [2.05, 4.69) is 45.4 Å². The minimum atomic E-state index is -0.519. The van der Waals surface area contributed by atoms with Gasteiger partial charge in [-0.15, -0.1) is 21.5 Å². The van der Waals surface area contributed by atoms with Gasteiger partial charge in [0.1, 0.15) is 5.82 Å². The fraction of sp³-hybridized carbons (Fsp3) is 0.350. The summed E-state index contributed by atoms with van der Waals surface area (Å²) in [6.07, 6.45) is 3.10. The van der Waals surface area contributed by atoms with Crippen molar-refractivity contribution in [2.45, 2.75) is 44.8 Å². The Hall–Kier alpha value is -1.90. The molecule has 0 spiro atoms. The first-order valence-corrected chi connectivity index (χ1v) is 11.6. The molecule has 0 radical (unpaired) electrons. The molecule has 2 heterocycles. The normalized spacial score (nSPS) is 11.0. The number of carbonyl (C=O) groups excluding carboxylic acids is 1. The highest BCUT2D eigenvalue weighted by Crippen LogP contribution is 2.29. The quantitative estimate of drug-likeness (QED) is 0.411. The SMILES string of the molecule is CCCc1cc(-c2nnc(SCC(=O)Nc3ccc(F)c(Cl)c3)n2CCC)cs1. The van der Waals surface area contributed by atoms with Crippen LogP contribution in [0.1, 0.15) is 31.6 Å². The van der Waals surface area contributed by atoms with E-state index in [1.54, 1.807) is 11.3 Å². The van der Waals surface area contributed by atoms with Gasteiger partial charge in [0.15, 0.2) is 11.0 Å². The molecule has 0 unspecified atom stereocenters. The van der Waals surface area contributed by atoms with Gasteiger partial charge in [-0.1, -0.05) is 43.6 Å². The van der Waals surface area contributed by atoms with Crippen LogP contribution in [0, 0.1) is 5.82 Å². The molecule has 1 amide bonds. The predicted molar refractivity (Wildman–Crippen MR) is 118 cm³/mol. The maximum atomic E-state index is 13.2. The largest absolute Gasteiger partial charge is 0.325 e. The third kappa shape index (κ3) is 5.58. The van der Waals surface area contributed by atoms with Crippen molar-refractivity contribution in [3.8, 4) is 11.4 Å². The Balaban J connectivity index is 1.69. The molecule has 2 aromatic heterocycles. The van der Waals surface area contributed by atoms with E-state index in [1.165, 1.54) is 34.8 Å². The minimum absolute atomic E-state index is 0.0269. The Morgan fingerprint density at radius 2 is 2.10 bits per heavy atom. The van der Waals surface area contributed by atoms with E-state index < -0.39 is 5.82 Å². The molecule has 0 saturated carbocycles. The van der Waals surface area contributed by atoms with E-state index in [4.69, 9.17) is 11.6 Å². The van der Waals surface area contributed by atoms with Crippen molar-refractivity contribution >= 4 is 46.3 Å². The van der Waals surface area contributed by atoms with Crippen molar-refractivity contribution < 1.29 is 9.18 Å². The average molecular weight is 453 g/mol. The standard InChI is InChI=1S/C20H22ClFN4OS2/c1-3-5-15-9-13(11-28-15)19-24-25-20(26(19)8-4-2)29-12-18(27)23-14-6-7-17(22)16(21)10-14/h6-7,9-11H,3-5,8,12H2,1-2H3,(H,23,27). The third-order valence-electron chi connectivity index (χ3n) is 4.11. The molecule has 0 atom stereocenters. The zero-order chi connectivity index (χ0) is 20.8. The van der Waals surface area contributed by atoms with Crippen molar-refractivity contribution in [3.63, 3.8) is 0 Å². The van der Waals surface area contributed by atoms with E-state index in [1.807, 2.05) is 0 Å². The number of benzene rings is 1. The van der Waals surface area contributed by atoms with Crippen LogP contribution in [0.2, 0.25) is 5.02 Å². The lowest BCUT2D eigenvalue weighted by Crippen LogP contribution is -2.14. The molecular formula is C20H22ClFN4OS2. The number of rotatable bonds is 9. The second-order valence-corrected chi connectivity index (χ2v) is 8.82. The number of hydrogen-bond donors (Lipinski definition) is 1. The Morgan fingerprint density at radius 1 is 1.28 bits per heavy atom. The molecule has 0 aliphatic carbocycles. The average Bonchev–Trinajstić information content (AvgIpc) is 3.31. The number of thioether (sulfide) groups is 1. The molecule has 5 nitrogen and oxygen atoms in total. The van der Waals surface area contributed by atoms with Gasteiger partial charge in [-0.25, -0.2) is 4.39 Å². The van der Waals surface area contributed by atoms with Crippen LogP contribution in [-0.2, 0) is 17.8 Å². The smallest absolute Gasteiger partial charge is 0.234 e. The molecule has 3 aromatic rings. The van der Waals surface area contributed by atoms with Gasteiger partial charge in [-0.05, 0) is 37.1 Å². The molecule has 1 N–H and O–H groups in total. The van der Waals surface area contributed by atoms with Crippen LogP contribution in [0.4, 0.5) is 10.1 Å². The van der Waals surface area contributed by atoms with Gasteiger partial charge in [0.2, 0.25) is 5.91 Å². The maximum Gasteiger partial charge on any atom is 0.234 e. The first-order valence-electron chi connectivity index (χ1n) is 9.40. The van der Waals surface area contributed by atoms with Gasteiger partial charge >= 0.3 is 0 Å². The van der Waals surface area contributed by atoms with Crippen LogP contribution in [0.3, 0.4) is 0 Å². The first-order chi connectivity index (χ1) is 14.0. The van der Waals surface area contributed by atoms with Gasteiger partial charge in [0.05, 0.1) is 10.8 Å². The number of aromatic nitrogens is 3. The van der Waals surface area contributed by atoms with Gasteiger partial charge < -0.3 is 9.88 Å². The fourth-order valence-electron chi connectivity index (χ4n) is 2.81. The van der Waals surface area contributed by atoms with Crippen LogP contribution in [-0.4, -0.2) is 26.4 Å². The van der Waals surface area contributed by atoms with E-state index in [0.717, 1.165) is 37.2 Å². The molecule has 0 aliphatic heterocycles. The summed E-state index contributed by atoms with van der Waals surface area (Å²) in [6.45, 7) is 5.04. The summed E-state index contributed by atoms with van der Waals surface area (Å²) < 4.78 is 15.3. The highest BCUT2D eigenvalue weighted by Gasteiger charge is 2.16. The van der Waals surface area contributed by atoms with Crippen molar-refractivity contribution in [1.29, 1.82) is 0 Å². The zero-order valence-electron chi connectivity index (χ0n) is 16.2. The summed E-state index contributed by atoms with van der Waals surface area (Å²) in [7, 11) is 0. The second kappa shape index (κ2) is 10.2. The second-order valence-electron chi connectivity index (χ2n) is 6.48. The monoisotopic (exact) mass is 452 g/mol. The Kier molecular flexibility index (Phi) is 7.69. The van der Waals surface area contributed by atoms with Crippen molar-refractivity contribution in [2.24, 2.45) is 0 Å². The zero-order valence-corrected chi connectivity index (χ0v) is 18.6. The highest BCUT2D eigenvalue weighted by molar-refractivity contribution is 7.99. The number of thiophene rings is 1. The summed E-state index contributed by atoms with van der Waals surface area (Å²) in [4.78, 5) is 13.6. The number of carbonyl (C=O) groups is 1. The summed E-state index contributed by atoms with van der Waals surface area (Å²) >= 11 is 8.82. The van der Waals surface area contributed by atoms with Crippen molar-refractivity contribution in [3.05, 3.63) is 45.4 Å². The molecule has 154 valence electrons. The molecule has 0 aliphatic rings. The van der Waals surface area contributed by atoms with Crippen LogP contribution in [0.25, 0.3) is 11.4 Å². The minimum Gasteiger partial charge on any atom is -0.325 e. The van der Waals surface area contributed by atoms with Gasteiger partial charge in [0.25, 0.3) is 0 Å². The van der Waals surface area contributed by atoms with E-state index in [0.29, 0.717) is 10.8 Å². The number of hydrogen-bond acceptors (Lipinski definition) is 5. The number of amides is 1. The molecule has 3 rings (SSSR count).